The molecule has 3 fully saturated rings. The van der Waals surface area contributed by atoms with Gasteiger partial charge in [-0.15, -0.1) is 0 Å². The molecule has 0 radical (unpaired) electrons. The maximum atomic E-state index is 13.5. The van der Waals surface area contributed by atoms with E-state index in [0.717, 1.165) is 44.9 Å². The lowest BCUT2D eigenvalue weighted by atomic mass is 9.96. The molecule has 17 unspecified atom stereocenters. The van der Waals surface area contributed by atoms with Gasteiger partial charge in [-0.2, -0.15) is 0 Å². The Kier molecular flexibility index (Phi) is 65.5. The predicted octanol–water partition coefficient (Wildman–Crippen LogP) is 17.7. The Morgan fingerprint density at radius 1 is 0.296 bits per heavy atom. The highest BCUT2D eigenvalue weighted by Gasteiger charge is 2.54. The summed E-state index contributed by atoms with van der Waals surface area (Å²) in [5.74, 6) is -0.231. The molecule has 3 aliphatic rings. The van der Waals surface area contributed by atoms with Crippen molar-refractivity contribution in [1.82, 2.24) is 5.32 Å². The Morgan fingerprint density at radius 2 is 0.528 bits per heavy atom. The van der Waals surface area contributed by atoms with Crippen LogP contribution < -0.4 is 5.32 Å². The lowest BCUT2D eigenvalue weighted by molar-refractivity contribution is -0.379. The Morgan fingerprint density at radius 3 is 0.806 bits per heavy atom. The first-order chi connectivity index (χ1) is 52.8. The molecular formula is C89H173NO18. The van der Waals surface area contributed by atoms with Gasteiger partial charge in [0.15, 0.2) is 18.9 Å². The summed E-state index contributed by atoms with van der Waals surface area (Å²) in [4.78, 5) is 13.5. The van der Waals surface area contributed by atoms with Crippen molar-refractivity contribution in [3.63, 3.8) is 0 Å². The molecule has 3 saturated heterocycles. The number of rotatable bonds is 77. The van der Waals surface area contributed by atoms with E-state index in [1.54, 1.807) is 0 Å². The van der Waals surface area contributed by atoms with Gasteiger partial charge in [-0.05, 0) is 12.8 Å². The summed E-state index contributed by atoms with van der Waals surface area (Å²) < 4.78 is 34.6. The van der Waals surface area contributed by atoms with E-state index in [0.29, 0.717) is 12.8 Å². The molecule has 19 nitrogen and oxygen atoms in total. The molecule has 3 aliphatic heterocycles. The molecule has 0 saturated carbocycles. The molecule has 3 rings (SSSR count). The zero-order valence-electron chi connectivity index (χ0n) is 69.4. The van der Waals surface area contributed by atoms with Crippen LogP contribution in [-0.2, 0) is 33.2 Å². The molecule has 1 amide bonds. The fraction of sp³-hybridized carbons (Fsp3) is 0.989. The van der Waals surface area contributed by atoms with Gasteiger partial charge in [-0.3, -0.25) is 4.79 Å². The number of hydrogen-bond donors (Lipinski definition) is 12. The molecule has 0 aromatic rings. The highest BCUT2D eigenvalue weighted by Crippen LogP contribution is 2.34. The molecule has 0 aromatic heterocycles. The van der Waals surface area contributed by atoms with Gasteiger partial charge in [-0.1, -0.05) is 412 Å². The van der Waals surface area contributed by atoms with Gasteiger partial charge in [0.25, 0.3) is 0 Å². The van der Waals surface area contributed by atoms with E-state index in [9.17, 15) is 61.0 Å². The second-order valence-corrected chi connectivity index (χ2v) is 33.5. The van der Waals surface area contributed by atoms with Crippen LogP contribution in [0.15, 0.2) is 0 Å². The maximum Gasteiger partial charge on any atom is 0.220 e. The molecule has 0 aliphatic carbocycles. The highest BCUT2D eigenvalue weighted by atomic mass is 16.8. The second kappa shape index (κ2) is 70.0. The summed E-state index contributed by atoms with van der Waals surface area (Å²) in [7, 11) is 0. The van der Waals surface area contributed by atoms with Gasteiger partial charge in [-0.25, -0.2) is 0 Å². The molecule has 0 spiro atoms. The number of carbonyl (C=O) groups is 1. The number of nitrogens with one attached hydrogen (secondary N) is 1. The van der Waals surface area contributed by atoms with Crippen LogP contribution in [-0.4, -0.2) is 193 Å². The largest absolute Gasteiger partial charge is 0.394 e. The van der Waals surface area contributed by atoms with E-state index in [1.165, 1.54) is 353 Å². The number of unbranched alkanes of at least 4 members (excludes halogenated alkanes) is 61. The average Bonchev–Trinajstić information content (AvgIpc) is 0.779. The zero-order valence-corrected chi connectivity index (χ0v) is 69.4. The van der Waals surface area contributed by atoms with Crippen LogP contribution in [0.3, 0.4) is 0 Å². The molecule has 17 atom stereocenters. The number of carbonyl (C=O) groups excluding carboxylic acids is 1. The van der Waals surface area contributed by atoms with Crippen LogP contribution in [0, 0.1) is 0 Å². The first-order valence-corrected chi connectivity index (χ1v) is 46.3. The van der Waals surface area contributed by atoms with Gasteiger partial charge < -0.3 is 89.9 Å². The van der Waals surface area contributed by atoms with E-state index in [2.05, 4.69) is 19.2 Å². The molecule has 0 aromatic carbocycles. The molecule has 3 heterocycles. The Hall–Kier alpha value is -1.21. The monoisotopic (exact) mass is 1540 g/mol. The predicted molar refractivity (Wildman–Crippen MR) is 434 cm³/mol. The third-order valence-corrected chi connectivity index (χ3v) is 23.7. The molecular weight excluding hydrogens is 1370 g/mol. The van der Waals surface area contributed by atoms with Gasteiger partial charge in [0, 0.05) is 6.42 Å². The molecule has 642 valence electrons. The van der Waals surface area contributed by atoms with Gasteiger partial charge >= 0.3 is 0 Å². The van der Waals surface area contributed by atoms with Crippen molar-refractivity contribution < 1.29 is 89.4 Å². The van der Waals surface area contributed by atoms with Crippen LogP contribution in [0.25, 0.3) is 0 Å². The van der Waals surface area contributed by atoms with Gasteiger partial charge in [0.05, 0.1) is 38.6 Å². The van der Waals surface area contributed by atoms with E-state index < -0.39 is 124 Å². The average molecular weight is 1550 g/mol. The zero-order chi connectivity index (χ0) is 78.1. The van der Waals surface area contributed by atoms with E-state index in [1.807, 2.05) is 0 Å². The summed E-state index contributed by atoms with van der Waals surface area (Å²) in [6.07, 6.45) is 58.1. The highest BCUT2D eigenvalue weighted by molar-refractivity contribution is 5.76. The molecule has 12 N–H and O–H groups in total. The second-order valence-electron chi connectivity index (χ2n) is 33.5. The van der Waals surface area contributed by atoms with Crippen molar-refractivity contribution in [1.29, 1.82) is 0 Å². The Balaban J connectivity index is 1.28. The van der Waals surface area contributed by atoms with Crippen molar-refractivity contribution in [2.75, 3.05) is 26.4 Å². The fourth-order valence-electron chi connectivity index (χ4n) is 16.3. The third-order valence-electron chi connectivity index (χ3n) is 23.7. The van der Waals surface area contributed by atoms with Crippen LogP contribution in [0.1, 0.15) is 431 Å². The minimum Gasteiger partial charge on any atom is -0.394 e. The van der Waals surface area contributed by atoms with Crippen LogP contribution >= 0.6 is 0 Å². The Bertz CT molecular complexity index is 1940. The third kappa shape index (κ3) is 48.4. The van der Waals surface area contributed by atoms with Crippen LogP contribution in [0.2, 0.25) is 0 Å². The van der Waals surface area contributed by atoms with Crippen molar-refractivity contribution in [3.8, 4) is 0 Å². The summed E-state index contributed by atoms with van der Waals surface area (Å²) in [6, 6.07) is -0.884. The van der Waals surface area contributed by atoms with E-state index in [4.69, 9.17) is 28.4 Å². The lowest BCUT2D eigenvalue weighted by Crippen LogP contribution is -2.66. The SMILES string of the molecule is CCCCCCCCCCCCCCCCCCCCCCCCCCCCCCCCCCCCCCCCCCC(=O)NC(COC1OC(CO)C(OC2OC(CO)C(OC3OC(CO)C(O)C(O)C3O)C(O)C2O)C(O)C1O)C(O)CCCCCCCCCCCCCCCCCCCCCCCCC. The first kappa shape index (κ1) is 101. The number of aliphatic hydroxyl groups excluding tert-OH is 11. The number of amides is 1. The Labute approximate surface area is 659 Å². The van der Waals surface area contributed by atoms with Crippen molar-refractivity contribution in [2.45, 2.75) is 535 Å². The van der Waals surface area contributed by atoms with Crippen LogP contribution in [0.5, 0.6) is 0 Å². The van der Waals surface area contributed by atoms with Crippen molar-refractivity contribution >= 4 is 5.91 Å². The van der Waals surface area contributed by atoms with Gasteiger partial charge in [0.2, 0.25) is 5.91 Å². The molecule has 108 heavy (non-hydrogen) atoms. The molecule has 19 heteroatoms. The minimum atomic E-state index is -1.97. The summed E-state index contributed by atoms with van der Waals surface area (Å²) >= 11 is 0. The smallest absolute Gasteiger partial charge is 0.220 e. The fourth-order valence-corrected chi connectivity index (χ4v) is 16.3. The van der Waals surface area contributed by atoms with Gasteiger partial charge in [0.1, 0.15) is 73.2 Å². The van der Waals surface area contributed by atoms with E-state index in [-0.39, 0.29) is 18.9 Å². The summed E-state index contributed by atoms with van der Waals surface area (Å²) in [6.45, 7) is 1.89. The first-order valence-electron chi connectivity index (χ1n) is 46.3. The maximum absolute atomic E-state index is 13.5. The van der Waals surface area contributed by atoms with Crippen molar-refractivity contribution in [3.05, 3.63) is 0 Å². The van der Waals surface area contributed by atoms with E-state index >= 15 is 0 Å². The summed E-state index contributed by atoms with van der Waals surface area (Å²) in [5.41, 5.74) is 0. The number of ether oxygens (including phenoxy) is 6. The lowest BCUT2D eigenvalue weighted by Gasteiger charge is -2.48. The molecule has 0 bridgehead atoms. The standard InChI is InChI=1S/C89H173NO18/c1-3-5-7-9-11-13-15-17-19-21-23-25-27-28-29-30-31-32-33-34-35-36-37-38-39-40-41-42-43-45-47-49-51-53-55-57-59-61-63-65-67-77(95)90-72(73(94)66-64-62-60-58-56-54-52-50-48-46-44-26-24-22-20-18-16-14-12-10-8-6-4-2)71-103-87-83(101)80(98)85(75(69-92)105-87)108-89-84(102)81(99)86(76(70-93)106-89)107-88-82(100)79(97)78(96)74(68-91)104-88/h72-76,78-89,91-94,96-102H,3-71H2,1-2H3,(H,90,95). The quantitative estimate of drug-likeness (QED) is 0.0252. The number of hydrogen-bond acceptors (Lipinski definition) is 18. The normalized spacial score (nSPS) is 25.3. The van der Waals surface area contributed by atoms with Crippen LogP contribution in [0.4, 0.5) is 0 Å². The number of aliphatic hydroxyl groups is 11. The van der Waals surface area contributed by atoms with Crippen molar-refractivity contribution in [2.24, 2.45) is 0 Å². The minimum absolute atomic E-state index is 0.231. The topological polar surface area (TPSA) is 307 Å². The summed E-state index contributed by atoms with van der Waals surface area (Å²) in [5, 5.41) is 121.